The monoisotopic (exact) mass is 312 g/mol. The second-order valence-electron chi connectivity index (χ2n) is 3.90. The first-order chi connectivity index (χ1) is 9.24. The first kappa shape index (κ1) is 14.8. The van der Waals surface area contributed by atoms with Gasteiger partial charge in [0.2, 0.25) is 0 Å². The Kier molecular flexibility index (Phi) is 5.62. The Labute approximate surface area is 125 Å². The molecule has 0 aliphatic heterocycles. The van der Waals surface area contributed by atoms with Crippen LogP contribution in [-0.2, 0) is 0 Å². The van der Waals surface area contributed by atoms with Crippen LogP contribution in [0, 0.1) is 0 Å². The van der Waals surface area contributed by atoms with E-state index >= 15 is 0 Å². The first-order valence-electron chi connectivity index (χ1n) is 5.95. The molecule has 0 aliphatic carbocycles. The summed E-state index contributed by atoms with van der Waals surface area (Å²) < 4.78 is 1.93. The molecule has 0 spiro atoms. The standard InChI is InChI=1S/C12H16N4S3/c1-3-8(13)10(9-6-4-5-7-14-9)18-12-16-15-11(17-2)19-12/h4-8,10H,3,13H2,1-2H3. The van der Waals surface area contributed by atoms with Crippen LogP contribution in [0.15, 0.2) is 33.1 Å². The van der Waals surface area contributed by atoms with Gasteiger partial charge in [-0.25, -0.2) is 0 Å². The molecule has 0 bridgehead atoms. The van der Waals surface area contributed by atoms with Crippen LogP contribution in [0.4, 0.5) is 0 Å². The second kappa shape index (κ2) is 7.23. The molecule has 2 N–H and O–H groups in total. The Bertz CT molecular complexity index is 503. The molecule has 0 saturated carbocycles. The van der Waals surface area contributed by atoms with Crippen molar-refractivity contribution < 1.29 is 0 Å². The maximum atomic E-state index is 6.23. The van der Waals surface area contributed by atoms with Gasteiger partial charge in [-0.05, 0) is 24.8 Å². The van der Waals surface area contributed by atoms with Gasteiger partial charge in [0.1, 0.15) is 0 Å². The fourth-order valence-electron chi connectivity index (χ4n) is 1.56. The van der Waals surface area contributed by atoms with E-state index in [2.05, 4.69) is 22.1 Å². The summed E-state index contributed by atoms with van der Waals surface area (Å²) in [5.41, 5.74) is 7.23. The van der Waals surface area contributed by atoms with Gasteiger partial charge >= 0.3 is 0 Å². The summed E-state index contributed by atoms with van der Waals surface area (Å²) in [7, 11) is 0. The molecule has 0 fully saturated rings. The topological polar surface area (TPSA) is 64.7 Å². The first-order valence-corrected chi connectivity index (χ1v) is 8.87. The Hall–Kier alpha value is -0.630. The summed E-state index contributed by atoms with van der Waals surface area (Å²) >= 11 is 4.87. The summed E-state index contributed by atoms with van der Waals surface area (Å²) in [5, 5.41) is 8.43. The lowest BCUT2D eigenvalue weighted by atomic mass is 10.1. The molecule has 0 amide bonds. The predicted octanol–water partition coefficient (Wildman–Crippen LogP) is 3.23. The van der Waals surface area contributed by atoms with E-state index < -0.39 is 0 Å². The fraction of sp³-hybridized carbons (Fsp3) is 0.417. The maximum Gasteiger partial charge on any atom is 0.175 e. The zero-order chi connectivity index (χ0) is 13.7. The quantitative estimate of drug-likeness (QED) is 0.826. The van der Waals surface area contributed by atoms with Gasteiger partial charge in [-0.15, -0.1) is 10.2 Å². The third-order valence-electron chi connectivity index (χ3n) is 2.63. The van der Waals surface area contributed by atoms with Gasteiger partial charge in [0.05, 0.1) is 10.9 Å². The lowest BCUT2D eigenvalue weighted by Crippen LogP contribution is -2.26. The zero-order valence-electron chi connectivity index (χ0n) is 10.8. The van der Waals surface area contributed by atoms with E-state index in [1.54, 1.807) is 41.1 Å². The van der Waals surface area contributed by atoms with Crippen LogP contribution in [0.25, 0.3) is 0 Å². The highest BCUT2D eigenvalue weighted by atomic mass is 32.2. The maximum absolute atomic E-state index is 6.23. The average Bonchev–Trinajstić information content (AvgIpc) is 2.92. The lowest BCUT2D eigenvalue weighted by molar-refractivity contribution is 0.624. The largest absolute Gasteiger partial charge is 0.326 e. The normalized spacial score (nSPS) is 14.3. The average molecular weight is 312 g/mol. The van der Waals surface area contributed by atoms with Crippen LogP contribution >= 0.6 is 34.9 Å². The van der Waals surface area contributed by atoms with Crippen molar-refractivity contribution in [3.63, 3.8) is 0 Å². The van der Waals surface area contributed by atoms with Crippen molar-refractivity contribution in [1.29, 1.82) is 0 Å². The SMILES string of the molecule is CCC(N)C(Sc1nnc(SC)s1)c1ccccn1. The van der Waals surface area contributed by atoms with Gasteiger partial charge in [-0.2, -0.15) is 0 Å². The summed E-state index contributed by atoms with van der Waals surface area (Å²) in [4.78, 5) is 4.42. The van der Waals surface area contributed by atoms with E-state index in [0.29, 0.717) is 0 Å². The third kappa shape index (κ3) is 3.92. The number of hydrogen-bond acceptors (Lipinski definition) is 7. The molecule has 2 unspecified atom stereocenters. The Morgan fingerprint density at radius 1 is 1.32 bits per heavy atom. The van der Waals surface area contributed by atoms with E-state index in [4.69, 9.17) is 5.73 Å². The molecule has 2 aromatic heterocycles. The minimum Gasteiger partial charge on any atom is -0.326 e. The Balaban J connectivity index is 2.19. The third-order valence-corrected chi connectivity index (χ3v) is 5.99. The molecule has 2 heterocycles. The Morgan fingerprint density at radius 3 is 2.68 bits per heavy atom. The van der Waals surface area contributed by atoms with E-state index in [1.807, 2.05) is 24.5 Å². The number of nitrogens with two attached hydrogens (primary N) is 1. The van der Waals surface area contributed by atoms with Crippen LogP contribution in [0.3, 0.4) is 0 Å². The van der Waals surface area contributed by atoms with Gasteiger partial charge in [-0.3, -0.25) is 4.98 Å². The molecule has 7 heteroatoms. The van der Waals surface area contributed by atoms with E-state index in [1.165, 1.54) is 0 Å². The van der Waals surface area contributed by atoms with Crippen LogP contribution < -0.4 is 5.73 Å². The molecule has 2 aromatic rings. The lowest BCUT2D eigenvalue weighted by Gasteiger charge is -2.20. The minimum atomic E-state index is 0.0570. The molecule has 102 valence electrons. The van der Waals surface area contributed by atoms with Crippen molar-refractivity contribution in [3.8, 4) is 0 Å². The van der Waals surface area contributed by atoms with Crippen molar-refractivity contribution in [2.75, 3.05) is 6.26 Å². The molecular formula is C12H16N4S3. The number of thioether (sulfide) groups is 2. The highest BCUT2D eigenvalue weighted by Crippen LogP contribution is 2.39. The summed E-state index contributed by atoms with van der Waals surface area (Å²) in [5.74, 6) is 0. The number of pyridine rings is 1. The van der Waals surface area contributed by atoms with Crippen LogP contribution in [0.5, 0.6) is 0 Å². The molecule has 2 rings (SSSR count). The van der Waals surface area contributed by atoms with E-state index in [9.17, 15) is 0 Å². The smallest absolute Gasteiger partial charge is 0.175 e. The molecular weight excluding hydrogens is 296 g/mol. The van der Waals surface area contributed by atoms with Crippen LogP contribution in [-0.4, -0.2) is 27.5 Å². The predicted molar refractivity (Wildman–Crippen MR) is 82.8 cm³/mol. The van der Waals surface area contributed by atoms with Crippen molar-refractivity contribution in [2.45, 2.75) is 33.3 Å². The van der Waals surface area contributed by atoms with Crippen LogP contribution in [0.1, 0.15) is 24.3 Å². The van der Waals surface area contributed by atoms with E-state index in [-0.39, 0.29) is 11.3 Å². The molecule has 2 atom stereocenters. The highest BCUT2D eigenvalue weighted by Gasteiger charge is 2.22. The minimum absolute atomic E-state index is 0.0570. The van der Waals surface area contributed by atoms with Gasteiger partial charge in [-0.1, -0.05) is 47.9 Å². The fourth-order valence-corrected chi connectivity index (χ4v) is 4.40. The molecule has 0 aromatic carbocycles. The number of rotatable bonds is 6. The van der Waals surface area contributed by atoms with Crippen molar-refractivity contribution in [2.24, 2.45) is 5.73 Å². The van der Waals surface area contributed by atoms with Gasteiger partial charge in [0, 0.05) is 12.2 Å². The van der Waals surface area contributed by atoms with Crippen molar-refractivity contribution in [1.82, 2.24) is 15.2 Å². The van der Waals surface area contributed by atoms with Crippen molar-refractivity contribution in [3.05, 3.63) is 30.1 Å². The van der Waals surface area contributed by atoms with Crippen molar-refractivity contribution >= 4 is 34.9 Å². The summed E-state index contributed by atoms with van der Waals surface area (Å²) in [6.45, 7) is 2.09. The molecule has 19 heavy (non-hydrogen) atoms. The molecule has 4 nitrogen and oxygen atoms in total. The van der Waals surface area contributed by atoms with Crippen LogP contribution in [0.2, 0.25) is 0 Å². The molecule has 0 saturated heterocycles. The molecule has 0 radical (unpaired) electrons. The van der Waals surface area contributed by atoms with E-state index in [0.717, 1.165) is 20.8 Å². The van der Waals surface area contributed by atoms with Gasteiger partial charge in [0.15, 0.2) is 8.68 Å². The molecule has 0 aliphatic rings. The number of aromatic nitrogens is 3. The number of hydrogen-bond donors (Lipinski definition) is 1. The highest BCUT2D eigenvalue weighted by molar-refractivity contribution is 8.03. The van der Waals surface area contributed by atoms with Gasteiger partial charge in [0.25, 0.3) is 0 Å². The summed E-state index contributed by atoms with van der Waals surface area (Å²) in [6, 6.07) is 5.98. The van der Waals surface area contributed by atoms with Gasteiger partial charge < -0.3 is 5.73 Å². The number of nitrogens with zero attached hydrogens (tertiary/aromatic N) is 3. The summed E-state index contributed by atoms with van der Waals surface area (Å²) in [6.07, 6.45) is 4.71. The Morgan fingerprint density at radius 2 is 2.11 bits per heavy atom. The second-order valence-corrected chi connectivity index (χ2v) is 7.32. The zero-order valence-corrected chi connectivity index (χ0v) is 13.3.